The highest BCUT2D eigenvalue weighted by molar-refractivity contribution is 7.30. The summed E-state index contributed by atoms with van der Waals surface area (Å²) < 4.78 is 8.74. The maximum Gasteiger partial charge on any atom is 0.314 e. The van der Waals surface area contributed by atoms with E-state index in [1.807, 2.05) is 0 Å². The van der Waals surface area contributed by atoms with Crippen LogP contribution in [0.25, 0.3) is 0 Å². The van der Waals surface area contributed by atoms with E-state index >= 15 is 0 Å². The summed E-state index contributed by atoms with van der Waals surface area (Å²) in [6.45, 7) is 0. The fourth-order valence-electron chi connectivity index (χ4n) is 4.34. The van der Waals surface area contributed by atoms with Crippen LogP contribution in [-0.2, 0) is 30.2 Å². The van der Waals surface area contributed by atoms with Crippen LogP contribution >= 0.6 is 8.25 Å². The zero-order valence-corrected chi connectivity index (χ0v) is 18.9. The lowest BCUT2D eigenvalue weighted by atomic mass is 9.94. The maximum atomic E-state index is 8.74. The minimum Gasteiger partial charge on any atom is -0.326 e. The molecule has 4 heteroatoms. The average molecular weight is 442 g/mol. The van der Waals surface area contributed by atoms with Crippen molar-refractivity contribution in [3.63, 3.8) is 0 Å². The molecule has 8 bridgehead atoms. The quantitative estimate of drug-likeness (QED) is 0.302. The molecule has 0 saturated carbocycles. The number of rotatable bonds is 0. The molecule has 32 heavy (non-hydrogen) atoms. The van der Waals surface area contributed by atoms with Gasteiger partial charge in [-0.15, -0.1) is 0 Å². The van der Waals surface area contributed by atoms with E-state index in [0.717, 1.165) is 25.7 Å². The fourth-order valence-corrected chi connectivity index (χ4v) is 4.34. The van der Waals surface area contributed by atoms with E-state index in [-0.39, 0.29) is 0 Å². The van der Waals surface area contributed by atoms with Crippen LogP contribution in [-0.4, -0.2) is 9.79 Å². The van der Waals surface area contributed by atoms with E-state index in [2.05, 4.69) is 97.1 Å². The molecule has 0 spiro atoms. The number of hydrogen-bond acceptors (Lipinski definition) is 1. The molecule has 0 atom stereocenters. The predicted molar refractivity (Wildman–Crippen MR) is 130 cm³/mol. The van der Waals surface area contributed by atoms with Crippen LogP contribution in [0.15, 0.2) is 97.1 Å². The summed E-state index contributed by atoms with van der Waals surface area (Å²) in [5.41, 5.74) is 11.1. The molecule has 0 heterocycles. The molecule has 0 amide bonds. The highest BCUT2D eigenvalue weighted by Crippen LogP contribution is 2.20. The molecule has 0 saturated heterocycles. The average Bonchev–Trinajstić information content (AvgIpc) is 2.74. The summed E-state index contributed by atoms with van der Waals surface area (Å²) >= 11 is 0. The van der Waals surface area contributed by atoms with Gasteiger partial charge < -0.3 is 9.79 Å². The van der Waals surface area contributed by atoms with Crippen molar-refractivity contribution < 1.29 is 14.4 Å². The Balaban J connectivity index is 0.000000567. The Morgan fingerprint density at radius 1 is 0.438 bits per heavy atom. The Morgan fingerprint density at radius 3 is 0.750 bits per heavy atom. The standard InChI is InChI=1S/C28H24.H3O3P/c1-5-21-13-22(6-1)18-24-8-3-10-26(15-24)20-28-12-4-11-27(16-28)19-25-9-2-7-23(14-25)17-21;1-4(2)3/h1-16H,17-20H2;4H,(H2,1,2,3). The van der Waals surface area contributed by atoms with Gasteiger partial charge in [0.05, 0.1) is 0 Å². The Hall–Kier alpha value is -2.97. The van der Waals surface area contributed by atoms with Crippen LogP contribution in [0.1, 0.15) is 44.5 Å². The van der Waals surface area contributed by atoms with Crippen molar-refractivity contribution in [2.24, 2.45) is 0 Å². The van der Waals surface area contributed by atoms with Crippen molar-refractivity contribution in [3.8, 4) is 0 Å². The minimum absolute atomic E-state index is 0.988. The van der Waals surface area contributed by atoms with Crippen molar-refractivity contribution >= 4 is 8.25 Å². The Bertz CT molecular complexity index is 978. The molecule has 0 fully saturated rings. The molecule has 1 aliphatic rings. The lowest BCUT2D eigenvalue weighted by Gasteiger charge is -2.11. The molecular weight excluding hydrogens is 415 g/mol. The molecule has 3 nitrogen and oxygen atoms in total. The zero-order valence-electron chi connectivity index (χ0n) is 17.9. The molecule has 2 N–H and O–H groups in total. The normalized spacial score (nSPS) is 12.6. The van der Waals surface area contributed by atoms with Gasteiger partial charge in [-0.1, -0.05) is 97.1 Å². The van der Waals surface area contributed by atoms with Crippen molar-refractivity contribution in [1.29, 1.82) is 0 Å². The lowest BCUT2D eigenvalue weighted by Crippen LogP contribution is -1.97. The third-order valence-corrected chi connectivity index (χ3v) is 5.60. The summed E-state index contributed by atoms with van der Waals surface area (Å²) in [5.74, 6) is 0. The van der Waals surface area contributed by atoms with E-state index in [0.29, 0.717) is 0 Å². The first kappa shape index (κ1) is 22.2. The van der Waals surface area contributed by atoms with Gasteiger partial charge in [0.1, 0.15) is 0 Å². The fraction of sp³-hybridized carbons (Fsp3) is 0.143. The van der Waals surface area contributed by atoms with Gasteiger partial charge in [0.2, 0.25) is 0 Å². The van der Waals surface area contributed by atoms with Crippen molar-refractivity contribution in [2.45, 2.75) is 25.7 Å². The first-order chi connectivity index (χ1) is 15.5. The highest BCUT2D eigenvalue weighted by Gasteiger charge is 2.06. The molecule has 1 aliphatic carbocycles. The monoisotopic (exact) mass is 442 g/mol. The molecule has 0 aliphatic heterocycles. The molecule has 5 rings (SSSR count). The van der Waals surface area contributed by atoms with Gasteiger partial charge in [-0.25, -0.2) is 0 Å². The minimum atomic E-state index is -3.13. The second-order valence-electron chi connectivity index (χ2n) is 8.27. The van der Waals surface area contributed by atoms with E-state index in [1.165, 1.54) is 44.5 Å². The van der Waals surface area contributed by atoms with Crippen molar-refractivity contribution in [2.75, 3.05) is 0 Å². The Morgan fingerprint density at radius 2 is 0.594 bits per heavy atom. The second kappa shape index (κ2) is 10.6. The molecule has 0 aromatic heterocycles. The van der Waals surface area contributed by atoms with Crippen molar-refractivity contribution in [1.82, 2.24) is 0 Å². The van der Waals surface area contributed by atoms with Gasteiger partial charge in [0.25, 0.3) is 0 Å². The van der Waals surface area contributed by atoms with Gasteiger partial charge in [0.15, 0.2) is 0 Å². The second-order valence-corrected chi connectivity index (χ2v) is 8.83. The summed E-state index contributed by atoms with van der Waals surface area (Å²) in [4.78, 5) is 14.3. The number of hydrogen-bond donors (Lipinski definition) is 2. The van der Waals surface area contributed by atoms with Crippen LogP contribution in [0, 0.1) is 0 Å². The van der Waals surface area contributed by atoms with Gasteiger partial charge in [-0.05, 0) is 70.2 Å². The Kier molecular flexibility index (Phi) is 7.34. The SMILES string of the molecule is O=[PH](O)O.c1cc2cc(c1)Cc1cccc(c1)Cc1cccc(c1)Cc1cccc(c1)C2. The number of fused-ring (bicyclic) bond motifs is 8. The largest absolute Gasteiger partial charge is 0.326 e. The van der Waals surface area contributed by atoms with E-state index in [1.54, 1.807) is 0 Å². The van der Waals surface area contributed by atoms with Gasteiger partial charge in [0, 0.05) is 0 Å². The van der Waals surface area contributed by atoms with Gasteiger partial charge in [-0.3, -0.25) is 4.57 Å². The van der Waals surface area contributed by atoms with Gasteiger partial charge >= 0.3 is 8.25 Å². The van der Waals surface area contributed by atoms with Crippen LogP contribution in [0.5, 0.6) is 0 Å². The van der Waals surface area contributed by atoms with Crippen molar-refractivity contribution in [3.05, 3.63) is 142 Å². The lowest BCUT2D eigenvalue weighted by molar-refractivity contribution is 0.405. The van der Waals surface area contributed by atoms with Crippen LogP contribution < -0.4 is 0 Å². The third-order valence-electron chi connectivity index (χ3n) is 5.60. The van der Waals surface area contributed by atoms with Crippen LogP contribution in [0.4, 0.5) is 0 Å². The highest BCUT2D eigenvalue weighted by atomic mass is 31.1. The Labute approximate surface area is 190 Å². The first-order valence-electron chi connectivity index (χ1n) is 10.8. The molecular formula is C28H27O3P. The first-order valence-corrected chi connectivity index (χ1v) is 12.1. The topological polar surface area (TPSA) is 57.5 Å². The summed E-state index contributed by atoms with van der Waals surface area (Å²) in [7, 11) is -3.13. The predicted octanol–water partition coefficient (Wildman–Crippen LogP) is 5.72. The summed E-state index contributed by atoms with van der Waals surface area (Å²) in [6.07, 6.45) is 3.95. The zero-order chi connectivity index (χ0) is 22.3. The number of benzene rings is 4. The van der Waals surface area contributed by atoms with E-state index < -0.39 is 8.25 Å². The summed E-state index contributed by atoms with van der Waals surface area (Å²) in [5, 5.41) is 0. The molecule has 4 aromatic rings. The maximum absolute atomic E-state index is 8.74. The molecule has 0 unspecified atom stereocenters. The van der Waals surface area contributed by atoms with E-state index in [9.17, 15) is 0 Å². The summed E-state index contributed by atoms with van der Waals surface area (Å²) in [6, 6.07) is 36.3. The van der Waals surface area contributed by atoms with Gasteiger partial charge in [-0.2, -0.15) is 0 Å². The van der Waals surface area contributed by atoms with Crippen LogP contribution in [0.2, 0.25) is 0 Å². The molecule has 4 aromatic carbocycles. The molecule has 0 radical (unpaired) electrons. The third kappa shape index (κ3) is 6.51. The van der Waals surface area contributed by atoms with Crippen LogP contribution in [0.3, 0.4) is 0 Å². The smallest absolute Gasteiger partial charge is 0.314 e. The molecule has 162 valence electrons. The van der Waals surface area contributed by atoms with E-state index in [4.69, 9.17) is 14.4 Å².